The normalized spacial score (nSPS) is 11.2. The zero-order chi connectivity index (χ0) is 17.4. The largest absolute Gasteiger partial charge is 0.319 e. The van der Waals surface area contributed by atoms with Gasteiger partial charge in [-0.05, 0) is 42.8 Å². The van der Waals surface area contributed by atoms with E-state index in [0.717, 1.165) is 28.7 Å². The molecule has 4 aromatic rings. The maximum atomic E-state index is 14.3. The summed E-state index contributed by atoms with van der Waals surface area (Å²) in [4.78, 5) is 4.55. The summed E-state index contributed by atoms with van der Waals surface area (Å²) >= 11 is 0. The lowest BCUT2D eigenvalue weighted by molar-refractivity contribution is 0.601. The van der Waals surface area contributed by atoms with Crippen LogP contribution in [0.25, 0.3) is 22.4 Å². The van der Waals surface area contributed by atoms with Crippen molar-refractivity contribution < 1.29 is 8.78 Å². The molecule has 0 radical (unpaired) electrons. The fourth-order valence-electron chi connectivity index (χ4n) is 2.99. The minimum atomic E-state index is -0.484. The molecule has 0 saturated carbocycles. The Bertz CT molecular complexity index is 1050. The molecule has 2 nitrogen and oxygen atoms in total. The van der Waals surface area contributed by atoms with Gasteiger partial charge >= 0.3 is 0 Å². The average molecular weight is 334 g/mol. The summed E-state index contributed by atoms with van der Waals surface area (Å²) in [6, 6.07) is 19.2. The molecule has 3 aromatic carbocycles. The van der Waals surface area contributed by atoms with Crippen LogP contribution in [0.4, 0.5) is 8.78 Å². The van der Waals surface area contributed by atoms with E-state index in [2.05, 4.69) is 4.98 Å². The summed E-state index contributed by atoms with van der Waals surface area (Å²) in [5.74, 6) is -0.536. The van der Waals surface area contributed by atoms with Gasteiger partial charge in [0.05, 0.1) is 16.6 Å². The van der Waals surface area contributed by atoms with Gasteiger partial charge in [0.1, 0.15) is 17.5 Å². The van der Waals surface area contributed by atoms with Crippen LogP contribution in [0.15, 0.2) is 66.7 Å². The number of nitrogens with zero attached hydrogens (tertiary/aromatic N) is 2. The van der Waals surface area contributed by atoms with E-state index in [1.54, 1.807) is 0 Å². The van der Waals surface area contributed by atoms with E-state index < -0.39 is 11.6 Å². The number of para-hydroxylation sites is 2. The third kappa shape index (κ3) is 2.91. The molecule has 25 heavy (non-hydrogen) atoms. The van der Waals surface area contributed by atoms with Crippen LogP contribution in [-0.4, -0.2) is 9.55 Å². The number of hydrogen-bond donors (Lipinski definition) is 0. The zero-order valence-corrected chi connectivity index (χ0v) is 13.7. The smallest absolute Gasteiger partial charge is 0.144 e. The van der Waals surface area contributed by atoms with Gasteiger partial charge < -0.3 is 4.57 Å². The second-order valence-electron chi connectivity index (χ2n) is 6.12. The number of halogens is 2. The molecule has 4 rings (SSSR count). The average Bonchev–Trinajstić information content (AvgIpc) is 2.97. The number of aromatic nitrogens is 2. The van der Waals surface area contributed by atoms with Crippen molar-refractivity contribution in [2.24, 2.45) is 0 Å². The number of fused-ring (bicyclic) bond motifs is 1. The zero-order valence-electron chi connectivity index (χ0n) is 13.7. The van der Waals surface area contributed by atoms with Gasteiger partial charge in [0.2, 0.25) is 0 Å². The summed E-state index contributed by atoms with van der Waals surface area (Å²) in [6.07, 6.45) is 0. The van der Waals surface area contributed by atoms with Crippen LogP contribution in [0.5, 0.6) is 0 Å². The van der Waals surface area contributed by atoms with Gasteiger partial charge in [-0.3, -0.25) is 0 Å². The SMILES string of the molecule is Cc1ccc(Cn2c(-c3cc(F)ccc3F)nc3ccccc32)cc1. The molecule has 0 saturated heterocycles. The molecule has 1 aromatic heterocycles. The molecular formula is C21H16F2N2. The first-order chi connectivity index (χ1) is 12.1. The van der Waals surface area contributed by atoms with E-state index in [1.165, 1.54) is 11.6 Å². The topological polar surface area (TPSA) is 17.8 Å². The molecule has 0 fully saturated rings. The van der Waals surface area contributed by atoms with E-state index in [9.17, 15) is 8.78 Å². The Balaban J connectivity index is 1.92. The monoisotopic (exact) mass is 334 g/mol. The molecule has 0 aliphatic heterocycles. The predicted octanol–water partition coefficient (Wildman–Crippen LogP) is 5.34. The fraction of sp³-hybridized carbons (Fsp3) is 0.0952. The summed E-state index contributed by atoms with van der Waals surface area (Å²) in [5.41, 5.74) is 4.07. The van der Waals surface area contributed by atoms with Crippen LogP contribution in [0.3, 0.4) is 0 Å². The molecule has 0 bridgehead atoms. The van der Waals surface area contributed by atoms with Gasteiger partial charge in [-0.15, -0.1) is 0 Å². The van der Waals surface area contributed by atoms with Crippen molar-refractivity contribution in [3.05, 3.63) is 89.5 Å². The quantitative estimate of drug-likeness (QED) is 0.494. The van der Waals surface area contributed by atoms with Crippen LogP contribution in [0.2, 0.25) is 0 Å². The maximum absolute atomic E-state index is 14.3. The Morgan fingerprint density at radius 2 is 1.68 bits per heavy atom. The highest BCUT2D eigenvalue weighted by Crippen LogP contribution is 2.28. The Labute approximate surface area is 144 Å². The fourth-order valence-corrected chi connectivity index (χ4v) is 2.99. The van der Waals surface area contributed by atoms with Crippen molar-refractivity contribution in [2.75, 3.05) is 0 Å². The molecule has 1 heterocycles. The molecule has 124 valence electrons. The van der Waals surface area contributed by atoms with Gasteiger partial charge in [0, 0.05) is 6.54 Å². The van der Waals surface area contributed by atoms with Crippen LogP contribution in [0.1, 0.15) is 11.1 Å². The highest BCUT2D eigenvalue weighted by Gasteiger charge is 2.16. The number of aryl methyl sites for hydroxylation is 1. The summed E-state index contributed by atoms with van der Waals surface area (Å²) in [6.45, 7) is 2.57. The van der Waals surface area contributed by atoms with Crippen LogP contribution in [-0.2, 0) is 6.54 Å². The molecule has 0 spiro atoms. The first-order valence-corrected chi connectivity index (χ1v) is 8.08. The first kappa shape index (κ1) is 15.5. The third-order valence-corrected chi connectivity index (χ3v) is 4.29. The van der Waals surface area contributed by atoms with Gasteiger partial charge in [-0.2, -0.15) is 0 Å². The lowest BCUT2D eigenvalue weighted by Crippen LogP contribution is -2.03. The molecule has 0 aliphatic rings. The van der Waals surface area contributed by atoms with E-state index in [4.69, 9.17) is 0 Å². The first-order valence-electron chi connectivity index (χ1n) is 8.08. The van der Waals surface area contributed by atoms with Gasteiger partial charge in [0.25, 0.3) is 0 Å². The number of hydrogen-bond acceptors (Lipinski definition) is 1. The molecular weight excluding hydrogens is 318 g/mol. The van der Waals surface area contributed by atoms with Crippen LogP contribution < -0.4 is 0 Å². The van der Waals surface area contributed by atoms with Crippen molar-refractivity contribution >= 4 is 11.0 Å². The number of imidazole rings is 1. The Kier molecular flexibility index (Phi) is 3.80. The van der Waals surface area contributed by atoms with Crippen molar-refractivity contribution in [3.8, 4) is 11.4 Å². The lowest BCUT2D eigenvalue weighted by atomic mass is 10.1. The van der Waals surface area contributed by atoms with E-state index in [0.29, 0.717) is 12.4 Å². The van der Waals surface area contributed by atoms with Crippen molar-refractivity contribution in [2.45, 2.75) is 13.5 Å². The maximum Gasteiger partial charge on any atom is 0.144 e. The van der Waals surface area contributed by atoms with E-state index in [-0.39, 0.29) is 5.56 Å². The molecule has 0 aliphatic carbocycles. The van der Waals surface area contributed by atoms with Crippen LogP contribution >= 0.6 is 0 Å². The van der Waals surface area contributed by atoms with E-state index in [1.807, 2.05) is 60.0 Å². The standard InChI is InChI=1S/C21H16F2N2/c1-14-6-8-15(9-7-14)13-25-20-5-3-2-4-19(20)24-21(25)17-12-16(22)10-11-18(17)23/h2-12H,13H2,1H3. The second kappa shape index (κ2) is 6.13. The minimum absolute atomic E-state index is 0.170. The molecule has 0 unspecified atom stereocenters. The van der Waals surface area contributed by atoms with Crippen molar-refractivity contribution in [3.63, 3.8) is 0 Å². The predicted molar refractivity (Wildman–Crippen MR) is 95.4 cm³/mol. The van der Waals surface area contributed by atoms with E-state index >= 15 is 0 Å². The van der Waals surface area contributed by atoms with Gasteiger partial charge in [-0.1, -0.05) is 42.0 Å². The highest BCUT2D eigenvalue weighted by atomic mass is 19.1. The van der Waals surface area contributed by atoms with Gasteiger partial charge in [0.15, 0.2) is 0 Å². The minimum Gasteiger partial charge on any atom is -0.319 e. The second-order valence-corrected chi connectivity index (χ2v) is 6.12. The molecule has 4 heteroatoms. The third-order valence-electron chi connectivity index (χ3n) is 4.29. The van der Waals surface area contributed by atoms with Gasteiger partial charge in [-0.25, -0.2) is 13.8 Å². The summed E-state index contributed by atoms with van der Waals surface area (Å²) in [5, 5.41) is 0. The number of benzene rings is 3. The Morgan fingerprint density at radius 3 is 2.48 bits per heavy atom. The Morgan fingerprint density at radius 1 is 0.920 bits per heavy atom. The van der Waals surface area contributed by atoms with Crippen LogP contribution in [0, 0.1) is 18.6 Å². The molecule has 0 atom stereocenters. The molecule has 0 amide bonds. The summed E-state index contributed by atoms with van der Waals surface area (Å²) < 4.78 is 30.0. The van der Waals surface area contributed by atoms with Crippen molar-refractivity contribution in [1.29, 1.82) is 0 Å². The highest BCUT2D eigenvalue weighted by molar-refractivity contribution is 5.80. The summed E-state index contributed by atoms with van der Waals surface area (Å²) in [7, 11) is 0. The number of rotatable bonds is 3. The Hall–Kier alpha value is -3.01. The lowest BCUT2D eigenvalue weighted by Gasteiger charge is -2.11. The van der Waals surface area contributed by atoms with Crippen molar-refractivity contribution in [1.82, 2.24) is 9.55 Å². The molecule has 0 N–H and O–H groups in total.